The smallest absolute Gasteiger partial charge is 0.253 e. The summed E-state index contributed by atoms with van der Waals surface area (Å²) in [6.07, 6.45) is 1.46. The van der Waals surface area contributed by atoms with E-state index in [2.05, 4.69) is 22.5 Å². The molecule has 6 nitrogen and oxygen atoms in total. The standard InChI is InChI=1S/C26H30F2N4O2S2.CH2F2/c1-31-11-8-22(21(28)15-31)30-25(33)20-16-36-26-19(20)13-17(32(26)12-9-27)5-4-10-29-23-7-6-18(35-3)14-24(23)34-2;2-1-3/h6-7,13-14,16,21-22,29H,8-12,15H2,1-3H3,(H,30,33);1H2. The van der Waals surface area contributed by atoms with E-state index in [9.17, 15) is 22.4 Å². The lowest BCUT2D eigenvalue weighted by atomic mass is 10.0. The topological polar surface area (TPSA) is 58.5 Å². The average Bonchev–Trinajstić information content (AvgIpc) is 3.48. The fourth-order valence-electron chi connectivity index (χ4n) is 4.30. The number of thioether (sulfide) groups is 1. The minimum Gasteiger partial charge on any atom is -0.495 e. The number of anilines is 1. The van der Waals surface area contributed by atoms with Crippen molar-refractivity contribution in [2.45, 2.75) is 30.1 Å². The van der Waals surface area contributed by atoms with Crippen molar-refractivity contribution in [2.24, 2.45) is 0 Å². The van der Waals surface area contributed by atoms with Crippen molar-refractivity contribution in [2.75, 3.05) is 59.0 Å². The number of nitrogens with one attached hydrogen (secondary N) is 2. The summed E-state index contributed by atoms with van der Waals surface area (Å²) in [5.74, 6) is 6.63. The van der Waals surface area contributed by atoms with Gasteiger partial charge in [0.1, 0.15) is 23.4 Å². The maximum absolute atomic E-state index is 14.4. The second-order valence-electron chi connectivity index (χ2n) is 8.71. The molecule has 212 valence electrons. The number of benzene rings is 1. The molecule has 4 rings (SSSR count). The number of ether oxygens (including phenoxy) is 1. The summed E-state index contributed by atoms with van der Waals surface area (Å²) in [5.41, 5.74) is 1.94. The second-order valence-corrected chi connectivity index (χ2v) is 10.4. The molecule has 1 aromatic carbocycles. The van der Waals surface area contributed by atoms with Crippen molar-refractivity contribution < 1.29 is 27.1 Å². The van der Waals surface area contributed by atoms with Gasteiger partial charge >= 0.3 is 0 Å². The van der Waals surface area contributed by atoms with E-state index in [4.69, 9.17) is 4.74 Å². The molecule has 2 atom stereocenters. The van der Waals surface area contributed by atoms with Gasteiger partial charge in [0.25, 0.3) is 5.91 Å². The molecule has 0 aliphatic carbocycles. The molecule has 2 unspecified atom stereocenters. The van der Waals surface area contributed by atoms with E-state index < -0.39 is 25.8 Å². The zero-order valence-corrected chi connectivity index (χ0v) is 23.7. The lowest BCUT2D eigenvalue weighted by Crippen LogP contribution is -2.51. The van der Waals surface area contributed by atoms with Crippen LogP contribution in [0, 0.1) is 11.8 Å². The molecule has 0 spiro atoms. The number of aromatic nitrogens is 1. The molecule has 1 saturated heterocycles. The predicted molar refractivity (Wildman–Crippen MR) is 151 cm³/mol. The number of nitrogens with zero attached hydrogens (tertiary/aromatic N) is 2. The molecule has 0 radical (unpaired) electrons. The lowest BCUT2D eigenvalue weighted by Gasteiger charge is -2.32. The third-order valence-electron chi connectivity index (χ3n) is 6.23. The number of piperidine rings is 1. The minimum absolute atomic E-state index is 0.147. The number of hydrogen-bond donors (Lipinski definition) is 2. The Morgan fingerprint density at radius 3 is 2.72 bits per heavy atom. The van der Waals surface area contributed by atoms with Gasteiger partial charge in [0.15, 0.2) is 0 Å². The highest BCUT2D eigenvalue weighted by Crippen LogP contribution is 2.31. The van der Waals surface area contributed by atoms with Crippen LogP contribution in [0.2, 0.25) is 0 Å². The van der Waals surface area contributed by atoms with Crippen LogP contribution in [-0.4, -0.2) is 81.2 Å². The maximum Gasteiger partial charge on any atom is 0.253 e. The van der Waals surface area contributed by atoms with Crippen LogP contribution in [0.5, 0.6) is 5.75 Å². The molecule has 2 aromatic heterocycles. The van der Waals surface area contributed by atoms with Crippen LogP contribution in [-0.2, 0) is 6.54 Å². The monoisotopic (exact) mass is 584 g/mol. The summed E-state index contributed by atoms with van der Waals surface area (Å²) in [6.45, 7) is -0.746. The summed E-state index contributed by atoms with van der Waals surface area (Å²) in [7, 11) is 3.50. The molecule has 39 heavy (non-hydrogen) atoms. The van der Waals surface area contributed by atoms with Crippen molar-refractivity contribution in [1.29, 1.82) is 0 Å². The normalized spacial score (nSPS) is 17.1. The first kappa shape index (κ1) is 30.7. The zero-order chi connectivity index (χ0) is 28.4. The van der Waals surface area contributed by atoms with E-state index in [1.807, 2.05) is 42.5 Å². The molecule has 0 bridgehead atoms. The van der Waals surface area contributed by atoms with Crippen molar-refractivity contribution in [1.82, 2.24) is 14.8 Å². The first-order valence-electron chi connectivity index (χ1n) is 12.2. The van der Waals surface area contributed by atoms with Gasteiger partial charge in [0, 0.05) is 28.8 Å². The molecule has 3 aromatic rings. The zero-order valence-electron chi connectivity index (χ0n) is 22.0. The van der Waals surface area contributed by atoms with E-state index in [-0.39, 0.29) is 12.5 Å². The number of fused-ring (bicyclic) bond motifs is 1. The Morgan fingerprint density at radius 2 is 2.05 bits per heavy atom. The highest BCUT2D eigenvalue weighted by molar-refractivity contribution is 7.98. The third kappa shape index (κ3) is 7.84. The molecule has 1 aliphatic rings. The van der Waals surface area contributed by atoms with Gasteiger partial charge in [-0.05, 0) is 49.9 Å². The minimum atomic E-state index is -1.75. The number of alkyl halides is 4. The Kier molecular flexibility index (Phi) is 11.8. The number of hydrogen-bond acceptors (Lipinski definition) is 6. The third-order valence-corrected chi connectivity index (χ3v) is 7.97. The Labute approximate surface area is 234 Å². The van der Waals surface area contributed by atoms with Gasteiger partial charge in [0.05, 0.1) is 43.2 Å². The van der Waals surface area contributed by atoms with Crippen LogP contribution in [0.1, 0.15) is 22.5 Å². The summed E-state index contributed by atoms with van der Waals surface area (Å²) in [4.78, 5) is 16.8. The number of likely N-dealkylation sites (tertiary alicyclic amines) is 1. The first-order valence-corrected chi connectivity index (χ1v) is 14.3. The van der Waals surface area contributed by atoms with Gasteiger partial charge in [0.2, 0.25) is 6.93 Å². The number of rotatable bonds is 8. The Balaban J connectivity index is 0.00000134. The highest BCUT2D eigenvalue weighted by Gasteiger charge is 2.30. The summed E-state index contributed by atoms with van der Waals surface area (Å²) >= 11 is 3.01. The number of methoxy groups -OCH3 is 1. The van der Waals surface area contributed by atoms with Gasteiger partial charge < -0.3 is 24.8 Å². The molecular weight excluding hydrogens is 552 g/mol. The quantitative estimate of drug-likeness (QED) is 0.208. The maximum atomic E-state index is 14.4. The molecule has 0 saturated carbocycles. The van der Waals surface area contributed by atoms with E-state index in [0.29, 0.717) is 36.2 Å². The predicted octanol–water partition coefficient (Wildman–Crippen LogP) is 5.52. The van der Waals surface area contributed by atoms with Crippen LogP contribution < -0.4 is 15.4 Å². The number of thiophene rings is 1. The van der Waals surface area contributed by atoms with E-state index in [0.717, 1.165) is 27.7 Å². The van der Waals surface area contributed by atoms with E-state index in [1.165, 1.54) is 11.3 Å². The van der Waals surface area contributed by atoms with Crippen LogP contribution in [0.15, 0.2) is 34.5 Å². The fourth-order valence-corrected chi connectivity index (χ4v) is 5.80. The van der Waals surface area contributed by atoms with Crippen molar-refractivity contribution in [3.63, 3.8) is 0 Å². The first-order chi connectivity index (χ1) is 18.9. The number of amides is 1. The highest BCUT2D eigenvalue weighted by atomic mass is 32.2. The van der Waals surface area contributed by atoms with E-state index >= 15 is 0 Å². The molecule has 2 N–H and O–H groups in total. The Morgan fingerprint density at radius 1 is 1.28 bits per heavy atom. The summed E-state index contributed by atoms with van der Waals surface area (Å²) in [6, 6.07) is 7.23. The van der Waals surface area contributed by atoms with Crippen LogP contribution in [0.3, 0.4) is 0 Å². The Hall–Kier alpha value is -2.88. The fraction of sp³-hybridized carbons (Fsp3) is 0.444. The van der Waals surface area contributed by atoms with Gasteiger partial charge in [-0.2, -0.15) is 0 Å². The van der Waals surface area contributed by atoms with Crippen LogP contribution >= 0.6 is 23.1 Å². The van der Waals surface area contributed by atoms with Crippen molar-refractivity contribution in [3.05, 3.63) is 40.9 Å². The average molecular weight is 585 g/mol. The molecule has 1 aliphatic heterocycles. The molecule has 3 heterocycles. The summed E-state index contributed by atoms with van der Waals surface area (Å²) in [5, 5.41) is 8.57. The van der Waals surface area contributed by atoms with Crippen LogP contribution in [0.25, 0.3) is 10.2 Å². The molecule has 1 amide bonds. The van der Waals surface area contributed by atoms with Gasteiger partial charge in [-0.3, -0.25) is 4.79 Å². The lowest BCUT2D eigenvalue weighted by molar-refractivity contribution is 0.0823. The number of carbonyl (C=O) groups excluding carboxylic acids is 1. The summed E-state index contributed by atoms with van der Waals surface area (Å²) < 4.78 is 54.3. The number of carbonyl (C=O) groups is 1. The SMILES string of the molecule is COc1cc(SC)ccc1NCC#Cc1cc2c(C(=O)NC3CCN(C)CC3F)csc2n1CCF.FCF. The number of aryl methyl sites for hydroxylation is 1. The number of halogens is 4. The molecular formula is C27H32F4N4O2S2. The Bertz CT molecular complexity index is 1300. The van der Waals surface area contributed by atoms with Gasteiger partial charge in [-0.1, -0.05) is 5.92 Å². The molecule has 1 fully saturated rings. The van der Waals surface area contributed by atoms with Crippen molar-refractivity contribution in [3.8, 4) is 17.6 Å². The largest absolute Gasteiger partial charge is 0.495 e. The second kappa shape index (κ2) is 15.1. The van der Waals surface area contributed by atoms with Crippen molar-refractivity contribution >= 4 is 44.9 Å². The van der Waals surface area contributed by atoms with E-state index in [1.54, 1.807) is 28.8 Å². The van der Waals surface area contributed by atoms with Crippen LogP contribution in [0.4, 0.5) is 23.2 Å². The van der Waals surface area contributed by atoms with Gasteiger partial charge in [-0.15, -0.1) is 23.1 Å². The van der Waals surface area contributed by atoms with Gasteiger partial charge in [-0.25, -0.2) is 17.6 Å². The molecule has 12 heteroatoms.